The van der Waals surface area contributed by atoms with E-state index in [0.29, 0.717) is 32.4 Å². The van der Waals surface area contributed by atoms with Gasteiger partial charge in [-0.25, -0.2) is 14.0 Å². The third-order valence-electron chi connectivity index (χ3n) is 8.27. The van der Waals surface area contributed by atoms with Gasteiger partial charge in [0.05, 0.1) is 29.9 Å². The highest BCUT2D eigenvalue weighted by Gasteiger charge is 2.43. The van der Waals surface area contributed by atoms with Crippen molar-refractivity contribution in [2.75, 3.05) is 40.3 Å². The molecule has 3 rings (SSSR count). The molecule has 39 heavy (non-hydrogen) atoms. The predicted octanol–water partition coefficient (Wildman–Crippen LogP) is 3.75. The number of ether oxygens (including phenoxy) is 1. The molecule has 1 heterocycles. The molecule has 0 radical (unpaired) electrons. The summed E-state index contributed by atoms with van der Waals surface area (Å²) < 4.78 is 19.8. The Morgan fingerprint density at radius 1 is 1.23 bits per heavy atom. The fraction of sp³-hybridized carbons (Fsp3) is 0.714. The van der Waals surface area contributed by atoms with Crippen LogP contribution in [0.2, 0.25) is 5.02 Å². The fourth-order valence-electron chi connectivity index (χ4n) is 6.10. The van der Waals surface area contributed by atoms with Crippen molar-refractivity contribution in [2.45, 2.75) is 75.5 Å². The lowest BCUT2D eigenvalue weighted by Gasteiger charge is -2.43. The zero-order valence-electron chi connectivity index (χ0n) is 23.1. The number of piperidine rings is 1. The van der Waals surface area contributed by atoms with Crippen LogP contribution in [-0.2, 0) is 10.3 Å². The first-order chi connectivity index (χ1) is 18.7. The van der Waals surface area contributed by atoms with Crippen molar-refractivity contribution in [1.29, 1.82) is 0 Å². The van der Waals surface area contributed by atoms with E-state index in [1.165, 1.54) is 25.7 Å². The van der Waals surface area contributed by atoms with E-state index in [1.54, 1.807) is 18.0 Å². The number of likely N-dealkylation sites (tertiary alicyclic amines) is 1. The Bertz CT molecular complexity index is 951. The van der Waals surface area contributed by atoms with Crippen LogP contribution in [0.3, 0.4) is 0 Å². The second-order valence-corrected chi connectivity index (χ2v) is 11.2. The number of amides is 3. The summed E-state index contributed by atoms with van der Waals surface area (Å²) in [4.78, 5) is 26.5. The highest BCUT2D eigenvalue weighted by Crippen LogP contribution is 2.41. The molecule has 5 N–H and O–H groups in total. The number of nitrogens with zero attached hydrogens (tertiary/aromatic N) is 1. The Morgan fingerprint density at radius 3 is 2.67 bits per heavy atom. The van der Waals surface area contributed by atoms with Gasteiger partial charge >= 0.3 is 12.1 Å². The van der Waals surface area contributed by atoms with Crippen molar-refractivity contribution in [3.8, 4) is 0 Å². The molecule has 2 fully saturated rings. The molecule has 1 aliphatic carbocycles. The monoisotopic (exact) mass is 570 g/mol. The number of benzene rings is 1. The summed E-state index contributed by atoms with van der Waals surface area (Å²) in [6.07, 6.45) is 5.74. The van der Waals surface area contributed by atoms with E-state index in [2.05, 4.69) is 20.7 Å². The smallest absolute Gasteiger partial charge is 0.406 e. The second-order valence-electron chi connectivity index (χ2n) is 10.8. The zero-order chi connectivity index (χ0) is 28.4. The van der Waals surface area contributed by atoms with E-state index in [-0.39, 0.29) is 42.0 Å². The molecule has 0 aromatic heterocycles. The molecular weight excluding hydrogens is 527 g/mol. The van der Waals surface area contributed by atoms with Gasteiger partial charge in [0.1, 0.15) is 5.82 Å². The summed E-state index contributed by atoms with van der Waals surface area (Å²) in [7, 11) is 3.06. The minimum atomic E-state index is -1.61. The van der Waals surface area contributed by atoms with Crippen LogP contribution < -0.4 is 16.0 Å². The molecule has 2 aliphatic rings. The molecule has 1 aliphatic heterocycles. The minimum absolute atomic E-state index is 0.0844. The normalized spacial score (nSPS) is 21.5. The van der Waals surface area contributed by atoms with Gasteiger partial charge in [-0.15, -0.1) is 0 Å². The number of carbonyl (C=O) groups is 2. The Balaban J connectivity index is 1.75. The Morgan fingerprint density at radius 2 is 1.97 bits per heavy atom. The van der Waals surface area contributed by atoms with Crippen molar-refractivity contribution in [3.05, 3.63) is 34.6 Å². The molecule has 1 aromatic carbocycles. The van der Waals surface area contributed by atoms with Crippen molar-refractivity contribution in [1.82, 2.24) is 20.9 Å². The maximum atomic E-state index is 15.2. The van der Waals surface area contributed by atoms with Gasteiger partial charge < -0.3 is 35.8 Å². The molecule has 11 heteroatoms. The van der Waals surface area contributed by atoms with Crippen LogP contribution in [0.4, 0.5) is 14.0 Å². The SMILES string of the molecule is CNC[C@@H](NC(=O)N1CCC[C@@H]([C@@](O)(CCCNC(=O)OC)c2cccc(Cl)c2F)C1)[C@@H](O)C1CCCCC1. The number of aliphatic hydroxyl groups excluding tert-OH is 1. The molecule has 1 saturated carbocycles. The fourth-order valence-corrected chi connectivity index (χ4v) is 6.27. The first-order valence-electron chi connectivity index (χ1n) is 14.1. The maximum absolute atomic E-state index is 15.2. The molecule has 0 unspecified atom stereocenters. The number of methoxy groups -OCH3 is 1. The van der Waals surface area contributed by atoms with Crippen LogP contribution in [0.15, 0.2) is 18.2 Å². The highest BCUT2D eigenvalue weighted by molar-refractivity contribution is 6.30. The number of carbonyl (C=O) groups excluding carboxylic acids is 2. The summed E-state index contributed by atoms with van der Waals surface area (Å²) in [5.41, 5.74) is -1.53. The van der Waals surface area contributed by atoms with Gasteiger partial charge in [-0.3, -0.25) is 0 Å². The number of rotatable bonds is 11. The van der Waals surface area contributed by atoms with Crippen LogP contribution in [0.5, 0.6) is 0 Å². The first-order valence-corrected chi connectivity index (χ1v) is 14.5. The number of aliphatic hydroxyl groups is 2. The molecular formula is C28H44ClFN4O5. The summed E-state index contributed by atoms with van der Waals surface area (Å²) in [5, 5.41) is 31.7. The predicted molar refractivity (Wildman–Crippen MR) is 148 cm³/mol. The van der Waals surface area contributed by atoms with Crippen LogP contribution in [0.25, 0.3) is 0 Å². The molecule has 9 nitrogen and oxygen atoms in total. The van der Waals surface area contributed by atoms with E-state index in [0.717, 1.165) is 25.7 Å². The van der Waals surface area contributed by atoms with E-state index in [4.69, 9.17) is 11.6 Å². The number of likely N-dealkylation sites (N-methyl/N-ethyl adjacent to an activating group) is 1. The van der Waals surface area contributed by atoms with Crippen LogP contribution >= 0.6 is 11.6 Å². The molecule has 1 saturated heterocycles. The van der Waals surface area contributed by atoms with Gasteiger partial charge in [0.25, 0.3) is 0 Å². The zero-order valence-corrected chi connectivity index (χ0v) is 23.8. The lowest BCUT2D eigenvalue weighted by atomic mass is 9.74. The number of nitrogens with one attached hydrogen (secondary N) is 3. The number of halogens is 2. The number of urea groups is 1. The van der Waals surface area contributed by atoms with Crippen molar-refractivity contribution in [2.24, 2.45) is 11.8 Å². The average molecular weight is 571 g/mol. The third kappa shape index (κ3) is 8.19. The van der Waals surface area contributed by atoms with Gasteiger partial charge in [-0.05, 0) is 57.6 Å². The molecule has 3 amide bonds. The molecule has 0 spiro atoms. The maximum Gasteiger partial charge on any atom is 0.406 e. The third-order valence-corrected chi connectivity index (χ3v) is 8.56. The van der Waals surface area contributed by atoms with Gasteiger partial charge in [-0.1, -0.05) is 43.0 Å². The summed E-state index contributed by atoms with van der Waals surface area (Å²) in [6.45, 7) is 1.38. The van der Waals surface area contributed by atoms with Crippen molar-refractivity contribution < 1.29 is 28.9 Å². The molecule has 4 atom stereocenters. The number of hydrogen-bond acceptors (Lipinski definition) is 6. The number of alkyl carbamates (subject to hydrolysis) is 1. The molecule has 1 aromatic rings. The average Bonchev–Trinajstić information content (AvgIpc) is 2.96. The van der Waals surface area contributed by atoms with Crippen LogP contribution in [-0.4, -0.2) is 79.7 Å². The largest absolute Gasteiger partial charge is 0.453 e. The van der Waals surface area contributed by atoms with Gasteiger partial charge in [0.2, 0.25) is 0 Å². The Labute approximate surface area is 235 Å². The Hall–Kier alpha value is -2.14. The summed E-state index contributed by atoms with van der Waals surface area (Å²) in [5.74, 6) is -0.996. The minimum Gasteiger partial charge on any atom is -0.453 e. The summed E-state index contributed by atoms with van der Waals surface area (Å²) >= 11 is 6.08. The standard InChI is InChI=1S/C28H44ClFN4O5/c1-31-17-23(25(35)19-9-4-3-5-10-19)33-26(36)34-16-7-11-20(18-34)28(38,14-8-15-32-27(37)39-2)21-12-6-13-22(29)24(21)30/h6,12-13,19-20,23,25,31,35,38H,3-5,7-11,14-18H2,1-2H3,(H,32,37)(H,33,36)/t20-,23-,25+,28+/m1/s1. The van der Waals surface area contributed by atoms with Crippen molar-refractivity contribution in [3.63, 3.8) is 0 Å². The lowest BCUT2D eigenvalue weighted by molar-refractivity contribution is -0.0579. The lowest BCUT2D eigenvalue weighted by Crippen LogP contribution is -2.57. The summed E-state index contributed by atoms with van der Waals surface area (Å²) in [6, 6.07) is 3.80. The topological polar surface area (TPSA) is 123 Å². The molecule has 220 valence electrons. The van der Waals surface area contributed by atoms with Crippen LogP contribution in [0, 0.1) is 17.7 Å². The van der Waals surface area contributed by atoms with Crippen molar-refractivity contribution >= 4 is 23.7 Å². The second kappa shape index (κ2) is 15.0. The van der Waals surface area contributed by atoms with E-state index < -0.39 is 35.6 Å². The highest BCUT2D eigenvalue weighted by atomic mass is 35.5. The van der Waals surface area contributed by atoms with Crippen LogP contribution in [0.1, 0.15) is 63.4 Å². The molecule has 0 bridgehead atoms. The van der Waals surface area contributed by atoms with Gasteiger partial charge in [0, 0.05) is 37.7 Å². The van der Waals surface area contributed by atoms with E-state index in [1.807, 2.05) is 0 Å². The van der Waals surface area contributed by atoms with Gasteiger partial charge in [-0.2, -0.15) is 0 Å². The first kappa shape index (κ1) is 31.4. The van der Waals surface area contributed by atoms with E-state index in [9.17, 15) is 19.8 Å². The Kier molecular flexibility index (Phi) is 12.1. The number of hydrogen-bond donors (Lipinski definition) is 5. The van der Waals surface area contributed by atoms with E-state index >= 15 is 4.39 Å². The van der Waals surface area contributed by atoms with Gasteiger partial charge in [0.15, 0.2) is 0 Å². The quantitative estimate of drug-likeness (QED) is 0.258.